The zero-order chi connectivity index (χ0) is 18.1. The van der Waals surface area contributed by atoms with E-state index in [1.165, 1.54) is 12.1 Å². The lowest BCUT2D eigenvalue weighted by molar-refractivity contribution is -0.141. The van der Waals surface area contributed by atoms with E-state index in [0.717, 1.165) is 5.56 Å². The molecule has 2 aliphatic heterocycles. The second-order valence-corrected chi connectivity index (χ2v) is 6.77. The van der Waals surface area contributed by atoms with Crippen LogP contribution in [0, 0.1) is 18.7 Å². The number of carbonyl (C=O) groups is 3. The molecule has 7 heteroatoms. The molecule has 0 aliphatic carbocycles. The molecule has 2 aliphatic rings. The van der Waals surface area contributed by atoms with Gasteiger partial charge in [0, 0.05) is 37.7 Å². The molecule has 0 spiro atoms. The van der Waals surface area contributed by atoms with Gasteiger partial charge in [0.05, 0.1) is 5.92 Å². The van der Waals surface area contributed by atoms with Gasteiger partial charge in [-0.2, -0.15) is 0 Å². The Morgan fingerprint density at radius 3 is 2.52 bits per heavy atom. The second kappa shape index (κ2) is 6.82. The maximum Gasteiger partial charge on any atom is 0.308 e. The van der Waals surface area contributed by atoms with E-state index in [-0.39, 0.29) is 30.8 Å². The molecule has 2 fully saturated rings. The zero-order valence-corrected chi connectivity index (χ0v) is 14.1. The number of hydrogen-bond acceptors (Lipinski definition) is 3. The highest BCUT2D eigenvalue weighted by atomic mass is 19.1. The average molecular weight is 348 g/mol. The molecule has 6 nitrogen and oxygen atoms in total. The van der Waals surface area contributed by atoms with E-state index in [1.807, 2.05) is 0 Å². The van der Waals surface area contributed by atoms with Gasteiger partial charge >= 0.3 is 5.97 Å². The molecular weight excluding hydrogens is 327 g/mol. The van der Waals surface area contributed by atoms with Crippen LogP contribution in [0.3, 0.4) is 0 Å². The number of halogens is 1. The Kier molecular flexibility index (Phi) is 4.74. The molecule has 2 saturated heterocycles. The van der Waals surface area contributed by atoms with Gasteiger partial charge in [0.1, 0.15) is 5.82 Å². The van der Waals surface area contributed by atoms with Gasteiger partial charge < -0.3 is 14.9 Å². The van der Waals surface area contributed by atoms with Crippen LogP contribution in [-0.2, 0) is 9.59 Å². The fraction of sp³-hybridized carbons (Fsp3) is 0.500. The standard InChI is InChI=1S/C18H21FN2O4/c1-11-2-3-13(19)9-15(11)17(23)20-6-4-14(5-7-20)21-10-12(18(24)25)8-16(21)22/h2-3,9,12,14H,4-8,10H2,1H3,(H,24,25). The first kappa shape index (κ1) is 17.4. The monoisotopic (exact) mass is 348 g/mol. The Morgan fingerprint density at radius 2 is 1.92 bits per heavy atom. The van der Waals surface area contributed by atoms with Gasteiger partial charge in [-0.05, 0) is 37.5 Å². The molecule has 1 N–H and O–H groups in total. The summed E-state index contributed by atoms with van der Waals surface area (Å²) in [7, 11) is 0. The molecule has 0 saturated carbocycles. The summed E-state index contributed by atoms with van der Waals surface area (Å²) in [6.45, 7) is 2.96. The minimum absolute atomic E-state index is 0.0329. The maximum absolute atomic E-state index is 13.4. The van der Waals surface area contributed by atoms with Crippen molar-refractivity contribution in [2.24, 2.45) is 5.92 Å². The normalized spacial score (nSPS) is 21.7. The summed E-state index contributed by atoms with van der Waals surface area (Å²) >= 11 is 0. The average Bonchev–Trinajstić information content (AvgIpc) is 2.99. The Morgan fingerprint density at radius 1 is 1.24 bits per heavy atom. The number of aryl methyl sites for hydroxylation is 1. The molecule has 134 valence electrons. The zero-order valence-electron chi connectivity index (χ0n) is 14.1. The summed E-state index contributed by atoms with van der Waals surface area (Å²) in [5.74, 6) is -2.34. The minimum Gasteiger partial charge on any atom is -0.481 e. The molecule has 1 unspecified atom stereocenters. The lowest BCUT2D eigenvalue weighted by Crippen LogP contribution is -2.47. The van der Waals surface area contributed by atoms with Crippen LogP contribution in [0.2, 0.25) is 0 Å². The van der Waals surface area contributed by atoms with Gasteiger partial charge in [-0.15, -0.1) is 0 Å². The van der Waals surface area contributed by atoms with Gasteiger partial charge in [0.25, 0.3) is 5.91 Å². The van der Waals surface area contributed by atoms with Crippen molar-refractivity contribution >= 4 is 17.8 Å². The van der Waals surface area contributed by atoms with E-state index in [4.69, 9.17) is 5.11 Å². The summed E-state index contributed by atoms with van der Waals surface area (Å²) in [5.41, 5.74) is 1.09. The minimum atomic E-state index is -0.940. The topological polar surface area (TPSA) is 77.9 Å². The molecule has 3 rings (SSSR count). The molecular formula is C18H21FN2O4. The van der Waals surface area contributed by atoms with Crippen molar-refractivity contribution in [2.45, 2.75) is 32.2 Å². The number of hydrogen-bond donors (Lipinski definition) is 1. The van der Waals surface area contributed by atoms with Crippen LogP contribution in [-0.4, -0.2) is 58.4 Å². The Balaban J connectivity index is 1.62. The van der Waals surface area contributed by atoms with E-state index in [1.54, 1.807) is 22.8 Å². The summed E-state index contributed by atoms with van der Waals surface area (Å²) in [5, 5.41) is 9.07. The molecule has 1 aromatic rings. The van der Waals surface area contributed by atoms with Crippen LogP contribution in [0.4, 0.5) is 4.39 Å². The largest absolute Gasteiger partial charge is 0.481 e. The Bertz CT molecular complexity index is 713. The van der Waals surface area contributed by atoms with Gasteiger partial charge in [-0.25, -0.2) is 4.39 Å². The number of rotatable bonds is 3. The van der Waals surface area contributed by atoms with Crippen LogP contribution in [0.1, 0.15) is 35.2 Å². The molecule has 1 aromatic carbocycles. The summed E-state index contributed by atoms with van der Waals surface area (Å²) < 4.78 is 13.4. The quantitative estimate of drug-likeness (QED) is 0.901. The van der Waals surface area contributed by atoms with Gasteiger partial charge in [-0.3, -0.25) is 14.4 Å². The highest BCUT2D eigenvalue weighted by Gasteiger charge is 2.39. The second-order valence-electron chi connectivity index (χ2n) is 6.77. The third-order valence-electron chi connectivity index (χ3n) is 5.13. The molecule has 2 heterocycles. The number of carboxylic acids is 1. The smallest absolute Gasteiger partial charge is 0.308 e. The van der Waals surface area contributed by atoms with Crippen molar-refractivity contribution in [1.82, 2.24) is 9.80 Å². The fourth-order valence-electron chi connectivity index (χ4n) is 3.63. The molecule has 1 atom stereocenters. The van der Waals surface area contributed by atoms with E-state index >= 15 is 0 Å². The Hall–Kier alpha value is -2.44. The summed E-state index contributed by atoms with van der Waals surface area (Å²) in [4.78, 5) is 39.0. The van der Waals surface area contributed by atoms with Crippen molar-refractivity contribution in [3.63, 3.8) is 0 Å². The van der Waals surface area contributed by atoms with E-state index in [0.29, 0.717) is 31.5 Å². The lowest BCUT2D eigenvalue weighted by atomic mass is 10.0. The fourth-order valence-corrected chi connectivity index (χ4v) is 3.63. The van der Waals surface area contributed by atoms with Crippen LogP contribution < -0.4 is 0 Å². The van der Waals surface area contributed by atoms with Crippen molar-refractivity contribution in [3.05, 3.63) is 35.1 Å². The van der Waals surface area contributed by atoms with E-state index < -0.39 is 17.7 Å². The number of carboxylic acid groups (broad SMARTS) is 1. The Labute approximate surface area is 145 Å². The SMILES string of the molecule is Cc1ccc(F)cc1C(=O)N1CCC(N2CC(C(=O)O)CC2=O)CC1. The first-order valence-corrected chi connectivity index (χ1v) is 8.44. The highest BCUT2D eigenvalue weighted by molar-refractivity contribution is 5.95. The van der Waals surface area contributed by atoms with Crippen molar-refractivity contribution in [1.29, 1.82) is 0 Å². The van der Waals surface area contributed by atoms with Gasteiger partial charge in [0.15, 0.2) is 0 Å². The maximum atomic E-state index is 13.4. The summed E-state index contributed by atoms with van der Waals surface area (Å²) in [6.07, 6.45) is 1.27. The first-order chi connectivity index (χ1) is 11.9. The van der Waals surface area contributed by atoms with Gasteiger partial charge in [-0.1, -0.05) is 6.07 Å². The number of carbonyl (C=O) groups excluding carboxylic acids is 2. The number of benzene rings is 1. The number of aliphatic carboxylic acids is 1. The lowest BCUT2D eigenvalue weighted by Gasteiger charge is -2.37. The van der Waals surface area contributed by atoms with Crippen LogP contribution in [0.5, 0.6) is 0 Å². The third kappa shape index (κ3) is 3.50. The van der Waals surface area contributed by atoms with Crippen LogP contribution in [0.15, 0.2) is 18.2 Å². The molecule has 25 heavy (non-hydrogen) atoms. The van der Waals surface area contributed by atoms with Crippen molar-refractivity contribution in [2.75, 3.05) is 19.6 Å². The molecule has 0 bridgehead atoms. The van der Waals surface area contributed by atoms with Gasteiger partial charge in [0.2, 0.25) is 5.91 Å². The predicted molar refractivity (Wildman–Crippen MR) is 87.5 cm³/mol. The predicted octanol–water partition coefficient (Wildman–Crippen LogP) is 1.67. The van der Waals surface area contributed by atoms with E-state index in [2.05, 4.69) is 0 Å². The van der Waals surface area contributed by atoms with E-state index in [9.17, 15) is 18.8 Å². The summed E-state index contributed by atoms with van der Waals surface area (Å²) in [6, 6.07) is 4.14. The first-order valence-electron chi connectivity index (χ1n) is 8.44. The van der Waals surface area contributed by atoms with Crippen LogP contribution >= 0.6 is 0 Å². The molecule has 0 radical (unpaired) electrons. The number of piperidine rings is 1. The molecule has 0 aromatic heterocycles. The number of likely N-dealkylation sites (tertiary alicyclic amines) is 2. The van der Waals surface area contributed by atoms with Crippen LogP contribution in [0.25, 0.3) is 0 Å². The number of amides is 2. The highest BCUT2D eigenvalue weighted by Crippen LogP contribution is 2.26. The molecule has 2 amide bonds. The third-order valence-corrected chi connectivity index (χ3v) is 5.13. The van der Waals surface area contributed by atoms with Crippen molar-refractivity contribution < 1.29 is 23.9 Å². The van der Waals surface area contributed by atoms with Crippen molar-refractivity contribution in [3.8, 4) is 0 Å². The number of nitrogens with zero attached hydrogens (tertiary/aromatic N) is 2.